The zero-order valence-corrected chi connectivity index (χ0v) is 12.9. The van der Waals surface area contributed by atoms with Crippen LogP contribution in [0.15, 0.2) is 73.0 Å². The molecule has 0 aliphatic carbocycles. The Kier molecular flexibility index (Phi) is 11.3. The number of nitrogens with two attached hydrogens (primary N) is 1. The summed E-state index contributed by atoms with van der Waals surface area (Å²) in [6.45, 7) is 10.2. The molecule has 0 unspecified atom stereocenters. The molecule has 0 bridgehead atoms. The highest BCUT2D eigenvalue weighted by Gasteiger charge is 1.91. The second-order valence-electron chi connectivity index (χ2n) is 4.40. The fraction of sp³-hybridized carbons (Fsp3) is 0.278. The maximum absolute atomic E-state index is 7.78. The van der Waals surface area contributed by atoms with Crippen molar-refractivity contribution in [1.29, 1.82) is 5.41 Å². The Morgan fingerprint density at radius 1 is 1.24 bits per heavy atom. The van der Waals surface area contributed by atoms with E-state index in [1.807, 2.05) is 36.5 Å². The monoisotopic (exact) mass is 285 g/mol. The molecule has 0 spiro atoms. The van der Waals surface area contributed by atoms with Crippen molar-refractivity contribution >= 4 is 5.84 Å². The van der Waals surface area contributed by atoms with Gasteiger partial charge < -0.3 is 11.1 Å². The van der Waals surface area contributed by atoms with Crippen LogP contribution in [0.5, 0.6) is 0 Å². The molecule has 3 nitrogen and oxygen atoms in total. The molecule has 0 radical (unpaired) electrons. The van der Waals surface area contributed by atoms with Gasteiger partial charge >= 0.3 is 0 Å². The minimum Gasteiger partial charge on any atom is -0.404 e. The van der Waals surface area contributed by atoms with Gasteiger partial charge in [-0.3, -0.25) is 5.41 Å². The lowest BCUT2D eigenvalue weighted by Crippen LogP contribution is -2.22. The lowest BCUT2D eigenvalue weighted by Gasteiger charge is -2.03. The van der Waals surface area contributed by atoms with Crippen molar-refractivity contribution in [2.75, 3.05) is 6.54 Å². The standard InChI is InChI=1S/C18H27N3/c1-4-16(5-2)11-7-8-13-18(20)21-14-10-9-12-17(6-3)15-19/h4,6-9,11-12,15H,1,3,5,10,13-14,19H2,2H3,(H2,20,21)/b8-7-,12-9-,16-11+,17-15-. The van der Waals surface area contributed by atoms with E-state index in [1.54, 1.807) is 6.08 Å². The van der Waals surface area contributed by atoms with Crippen molar-refractivity contribution in [1.82, 2.24) is 5.32 Å². The van der Waals surface area contributed by atoms with Gasteiger partial charge in [0.2, 0.25) is 0 Å². The Morgan fingerprint density at radius 3 is 2.57 bits per heavy atom. The highest BCUT2D eigenvalue weighted by atomic mass is 14.9. The summed E-state index contributed by atoms with van der Waals surface area (Å²) in [5.74, 6) is 0.517. The van der Waals surface area contributed by atoms with Gasteiger partial charge in [-0.1, -0.05) is 62.6 Å². The van der Waals surface area contributed by atoms with Gasteiger partial charge in [-0.25, -0.2) is 0 Å². The molecule has 0 heterocycles. The molecule has 0 saturated carbocycles. The molecular formula is C18H27N3. The normalized spacial score (nSPS) is 12.8. The summed E-state index contributed by atoms with van der Waals surface area (Å²) in [5.41, 5.74) is 7.50. The first-order valence-corrected chi connectivity index (χ1v) is 7.18. The largest absolute Gasteiger partial charge is 0.404 e. The van der Waals surface area contributed by atoms with Crippen molar-refractivity contribution in [2.45, 2.75) is 26.2 Å². The van der Waals surface area contributed by atoms with E-state index in [2.05, 4.69) is 25.4 Å². The number of nitrogens with one attached hydrogen (secondary N) is 2. The lowest BCUT2D eigenvalue weighted by atomic mass is 10.2. The predicted octanol–water partition coefficient (Wildman–Crippen LogP) is 4.00. The van der Waals surface area contributed by atoms with Crippen LogP contribution in [0, 0.1) is 5.41 Å². The number of hydrogen-bond donors (Lipinski definition) is 3. The molecule has 0 aromatic heterocycles. The second-order valence-corrected chi connectivity index (χ2v) is 4.40. The molecular weight excluding hydrogens is 258 g/mol. The highest BCUT2D eigenvalue weighted by molar-refractivity contribution is 5.80. The summed E-state index contributed by atoms with van der Waals surface area (Å²) in [5, 5.41) is 10.9. The third-order valence-corrected chi connectivity index (χ3v) is 2.83. The topological polar surface area (TPSA) is 61.9 Å². The van der Waals surface area contributed by atoms with E-state index in [-0.39, 0.29) is 0 Å². The maximum Gasteiger partial charge on any atom is 0.0970 e. The molecule has 0 fully saturated rings. The quantitative estimate of drug-likeness (QED) is 0.246. The molecule has 0 aliphatic heterocycles. The van der Waals surface area contributed by atoms with E-state index >= 15 is 0 Å². The zero-order valence-electron chi connectivity index (χ0n) is 12.9. The van der Waals surface area contributed by atoms with Gasteiger partial charge in [0.15, 0.2) is 0 Å². The Balaban J connectivity index is 3.92. The third-order valence-electron chi connectivity index (χ3n) is 2.83. The molecule has 0 atom stereocenters. The van der Waals surface area contributed by atoms with E-state index in [0.717, 1.165) is 25.0 Å². The first-order valence-electron chi connectivity index (χ1n) is 7.18. The van der Waals surface area contributed by atoms with Gasteiger partial charge in [0.1, 0.15) is 0 Å². The average Bonchev–Trinajstić information content (AvgIpc) is 2.51. The Morgan fingerprint density at radius 2 is 2.00 bits per heavy atom. The molecule has 0 saturated heterocycles. The Labute approximate surface area is 128 Å². The van der Waals surface area contributed by atoms with Crippen LogP contribution in [-0.2, 0) is 0 Å². The summed E-state index contributed by atoms with van der Waals surface area (Å²) >= 11 is 0. The van der Waals surface area contributed by atoms with Crippen molar-refractivity contribution in [3.05, 3.63) is 73.0 Å². The van der Waals surface area contributed by atoms with Gasteiger partial charge in [-0.2, -0.15) is 0 Å². The smallest absolute Gasteiger partial charge is 0.0970 e. The minimum atomic E-state index is 0.517. The molecule has 0 aliphatic rings. The van der Waals surface area contributed by atoms with Crippen LogP contribution < -0.4 is 11.1 Å². The van der Waals surface area contributed by atoms with Crippen LogP contribution in [-0.4, -0.2) is 12.4 Å². The third kappa shape index (κ3) is 10.2. The van der Waals surface area contributed by atoms with Crippen LogP contribution in [0.3, 0.4) is 0 Å². The van der Waals surface area contributed by atoms with Crippen molar-refractivity contribution in [2.24, 2.45) is 5.73 Å². The van der Waals surface area contributed by atoms with E-state index in [9.17, 15) is 0 Å². The van der Waals surface area contributed by atoms with Crippen LogP contribution in [0.2, 0.25) is 0 Å². The summed E-state index contributed by atoms with van der Waals surface area (Å²) in [7, 11) is 0. The molecule has 114 valence electrons. The first-order chi connectivity index (χ1) is 10.2. The minimum absolute atomic E-state index is 0.517. The molecule has 3 heteroatoms. The molecule has 4 N–H and O–H groups in total. The van der Waals surface area contributed by atoms with Gasteiger partial charge in [-0.15, -0.1) is 0 Å². The fourth-order valence-corrected chi connectivity index (χ4v) is 1.50. The van der Waals surface area contributed by atoms with Crippen LogP contribution in [0.1, 0.15) is 26.2 Å². The number of allylic oxidation sites excluding steroid dienone is 7. The number of rotatable bonds is 10. The summed E-state index contributed by atoms with van der Waals surface area (Å²) in [4.78, 5) is 0. The number of amidine groups is 1. The zero-order chi connectivity index (χ0) is 15.9. The van der Waals surface area contributed by atoms with Crippen molar-refractivity contribution < 1.29 is 0 Å². The van der Waals surface area contributed by atoms with Gasteiger partial charge in [-0.05, 0) is 24.0 Å². The van der Waals surface area contributed by atoms with E-state index in [0.29, 0.717) is 12.3 Å². The SMILES string of the molecule is C=CC(/C=C\CCNC(=N)C/C=C\C=C(/C=C)CC)=C/N. The molecule has 21 heavy (non-hydrogen) atoms. The predicted molar refractivity (Wildman–Crippen MR) is 94.3 cm³/mol. The van der Waals surface area contributed by atoms with Crippen LogP contribution in [0.4, 0.5) is 0 Å². The Bertz CT molecular complexity index is 451. The van der Waals surface area contributed by atoms with Gasteiger partial charge in [0.05, 0.1) is 5.84 Å². The van der Waals surface area contributed by atoms with E-state index < -0.39 is 0 Å². The van der Waals surface area contributed by atoms with Crippen molar-refractivity contribution in [3.8, 4) is 0 Å². The summed E-state index contributed by atoms with van der Waals surface area (Å²) in [6, 6.07) is 0. The molecule has 0 rings (SSSR count). The molecule has 0 aromatic carbocycles. The highest BCUT2D eigenvalue weighted by Crippen LogP contribution is 2.01. The number of hydrogen-bond acceptors (Lipinski definition) is 2. The summed E-state index contributed by atoms with van der Waals surface area (Å²) < 4.78 is 0. The van der Waals surface area contributed by atoms with E-state index in [1.165, 1.54) is 11.8 Å². The van der Waals surface area contributed by atoms with Crippen molar-refractivity contribution in [3.63, 3.8) is 0 Å². The van der Waals surface area contributed by atoms with E-state index in [4.69, 9.17) is 11.1 Å². The maximum atomic E-state index is 7.78. The first kappa shape index (κ1) is 18.7. The Hall–Kier alpha value is -2.29. The second kappa shape index (κ2) is 12.7. The lowest BCUT2D eigenvalue weighted by molar-refractivity contribution is 0.870. The van der Waals surface area contributed by atoms with Gasteiger partial charge in [0, 0.05) is 19.2 Å². The van der Waals surface area contributed by atoms with Crippen LogP contribution >= 0.6 is 0 Å². The summed E-state index contributed by atoms with van der Waals surface area (Å²) in [6.07, 6.45) is 17.4. The molecule has 0 aromatic rings. The molecule has 0 amide bonds. The average molecular weight is 285 g/mol. The van der Waals surface area contributed by atoms with Gasteiger partial charge in [0.25, 0.3) is 0 Å². The fourth-order valence-electron chi connectivity index (χ4n) is 1.50. The van der Waals surface area contributed by atoms with Crippen LogP contribution in [0.25, 0.3) is 0 Å².